The predicted octanol–water partition coefficient (Wildman–Crippen LogP) is 2.84. The van der Waals surface area contributed by atoms with Crippen molar-refractivity contribution in [2.45, 2.75) is 37.0 Å². The van der Waals surface area contributed by atoms with Gasteiger partial charge in [-0.05, 0) is 37.0 Å². The number of pyridine rings is 1. The molecule has 0 unspecified atom stereocenters. The number of carbonyl (C=O) groups excluding carboxylic acids is 1. The Kier molecular flexibility index (Phi) is 5.05. The summed E-state index contributed by atoms with van der Waals surface area (Å²) in [5, 5.41) is 19.9. The van der Waals surface area contributed by atoms with Crippen LogP contribution in [0.15, 0.2) is 30.5 Å². The Morgan fingerprint density at radius 3 is 2.59 bits per heavy atom. The van der Waals surface area contributed by atoms with Crippen LogP contribution in [0.5, 0.6) is 0 Å². The van der Waals surface area contributed by atoms with Gasteiger partial charge in [-0.25, -0.2) is 17.6 Å². The molecule has 4 nitrogen and oxygen atoms in total. The van der Waals surface area contributed by atoms with Gasteiger partial charge in [0.05, 0.1) is 12.3 Å². The molecule has 0 radical (unpaired) electrons. The number of fused-ring (bicyclic) bond motifs is 1. The Morgan fingerprint density at radius 2 is 1.89 bits per heavy atom. The Labute approximate surface area is 152 Å². The maximum absolute atomic E-state index is 15.6. The summed E-state index contributed by atoms with van der Waals surface area (Å²) >= 11 is 0. The molecular weight excluding hydrogens is 366 g/mol. The summed E-state index contributed by atoms with van der Waals surface area (Å²) in [4.78, 5) is 16.5. The molecule has 0 saturated carbocycles. The molecule has 3 rings (SSSR count). The van der Waals surface area contributed by atoms with E-state index in [1.54, 1.807) is 0 Å². The molecule has 0 bridgehead atoms. The van der Waals surface area contributed by atoms with Crippen molar-refractivity contribution in [1.82, 2.24) is 4.98 Å². The van der Waals surface area contributed by atoms with Crippen LogP contribution in [0.4, 0.5) is 17.6 Å². The predicted molar refractivity (Wildman–Crippen MR) is 86.9 cm³/mol. The minimum absolute atomic E-state index is 0.117. The molecule has 8 heteroatoms. The van der Waals surface area contributed by atoms with Crippen LogP contribution in [0.1, 0.15) is 36.1 Å². The summed E-state index contributed by atoms with van der Waals surface area (Å²) in [5.41, 5.74) is -4.73. The highest BCUT2D eigenvalue weighted by Crippen LogP contribution is 2.46. The Morgan fingerprint density at radius 1 is 1.15 bits per heavy atom. The van der Waals surface area contributed by atoms with Crippen LogP contribution in [-0.4, -0.2) is 27.6 Å². The third kappa shape index (κ3) is 3.23. The van der Waals surface area contributed by atoms with E-state index in [1.807, 2.05) is 0 Å². The van der Waals surface area contributed by atoms with E-state index >= 15 is 4.39 Å². The highest BCUT2D eigenvalue weighted by atomic mass is 19.2. The second-order valence-corrected chi connectivity index (χ2v) is 6.65. The molecule has 2 N–H and O–H groups in total. The van der Waals surface area contributed by atoms with Crippen LogP contribution < -0.4 is 0 Å². The number of nitrogens with zero attached hydrogens (tertiary/aromatic N) is 1. The molecule has 1 aliphatic carbocycles. The van der Waals surface area contributed by atoms with Gasteiger partial charge >= 0.3 is 0 Å². The molecule has 1 aromatic carbocycles. The minimum atomic E-state index is -2.47. The Bertz CT molecular complexity index is 891. The largest absolute Gasteiger partial charge is 0.393 e. The summed E-state index contributed by atoms with van der Waals surface area (Å²) in [6.07, 6.45) is -0.0682. The molecule has 0 aliphatic heterocycles. The lowest BCUT2D eigenvalue weighted by molar-refractivity contribution is -0.135. The number of benzene rings is 1. The van der Waals surface area contributed by atoms with E-state index in [2.05, 4.69) is 4.98 Å². The normalized spacial score (nSPS) is 24.5. The van der Waals surface area contributed by atoms with Crippen molar-refractivity contribution in [3.8, 4) is 0 Å². The Hall–Kier alpha value is -2.32. The zero-order valence-electron chi connectivity index (χ0n) is 14.2. The molecule has 0 saturated heterocycles. The molecule has 0 spiro atoms. The molecule has 2 atom stereocenters. The number of carbonyl (C=O) groups is 1. The topological polar surface area (TPSA) is 70.4 Å². The summed E-state index contributed by atoms with van der Waals surface area (Å²) < 4.78 is 55.6. The van der Waals surface area contributed by atoms with Gasteiger partial charge in [0, 0.05) is 18.2 Å². The SMILES string of the molecule is O=C(CCc1ccc(F)c(F)c1F)[C@]1(F)CC[C@@](O)(CO)c2ncccc21. The number of aromatic nitrogens is 1. The fourth-order valence-corrected chi connectivity index (χ4v) is 3.38. The molecule has 27 heavy (non-hydrogen) atoms. The van der Waals surface area contributed by atoms with E-state index in [-0.39, 0.29) is 36.1 Å². The highest BCUT2D eigenvalue weighted by Gasteiger charge is 2.51. The van der Waals surface area contributed by atoms with Gasteiger partial charge < -0.3 is 10.2 Å². The monoisotopic (exact) mass is 383 g/mol. The third-order valence-corrected chi connectivity index (χ3v) is 5.00. The van der Waals surface area contributed by atoms with Crippen LogP contribution in [-0.2, 0) is 22.5 Å². The summed E-state index contributed by atoms with van der Waals surface area (Å²) in [5.74, 6) is -5.29. The fraction of sp³-hybridized carbons (Fsp3) is 0.368. The first-order chi connectivity index (χ1) is 12.7. The van der Waals surface area contributed by atoms with Gasteiger partial charge in [-0.2, -0.15) is 0 Å². The first kappa shape index (κ1) is 19.4. The standard InChI is InChI=1S/C19H17F4NO3/c20-13-5-3-11(15(21)16(13)22)4-6-14(26)19(23)8-7-18(27,10-25)17-12(19)2-1-9-24-17/h1-3,5,9,25,27H,4,6-8,10H2/t18-,19+/m1/s1. The van der Waals surface area contributed by atoms with Crippen molar-refractivity contribution < 1.29 is 32.6 Å². The van der Waals surface area contributed by atoms with E-state index in [9.17, 15) is 28.2 Å². The number of halogens is 4. The van der Waals surface area contributed by atoms with Gasteiger partial charge in [0.2, 0.25) is 0 Å². The van der Waals surface area contributed by atoms with Crippen molar-refractivity contribution in [3.63, 3.8) is 0 Å². The Balaban J connectivity index is 1.87. The third-order valence-electron chi connectivity index (χ3n) is 5.00. The lowest BCUT2D eigenvalue weighted by Crippen LogP contribution is -2.45. The molecule has 1 heterocycles. The molecule has 144 valence electrons. The van der Waals surface area contributed by atoms with Gasteiger partial charge in [-0.15, -0.1) is 0 Å². The summed E-state index contributed by atoms with van der Waals surface area (Å²) in [7, 11) is 0. The van der Waals surface area contributed by atoms with Gasteiger partial charge in [0.1, 0.15) is 5.60 Å². The molecule has 2 aromatic rings. The molecule has 0 fully saturated rings. The second kappa shape index (κ2) is 7.01. The lowest BCUT2D eigenvalue weighted by Gasteiger charge is -2.38. The zero-order chi connectivity index (χ0) is 19.8. The molecular formula is C19H17F4NO3. The van der Waals surface area contributed by atoms with Crippen molar-refractivity contribution >= 4 is 5.78 Å². The average Bonchev–Trinajstić information content (AvgIpc) is 2.68. The number of aliphatic hydroxyl groups excluding tert-OH is 1. The van der Waals surface area contributed by atoms with Crippen LogP contribution in [0.3, 0.4) is 0 Å². The smallest absolute Gasteiger partial charge is 0.195 e. The van der Waals surface area contributed by atoms with E-state index in [0.717, 1.165) is 12.1 Å². The van der Waals surface area contributed by atoms with Crippen LogP contribution in [0.25, 0.3) is 0 Å². The second-order valence-electron chi connectivity index (χ2n) is 6.65. The van der Waals surface area contributed by atoms with E-state index in [0.29, 0.717) is 0 Å². The number of aryl methyl sites for hydroxylation is 1. The maximum atomic E-state index is 15.6. The quantitative estimate of drug-likeness (QED) is 0.615. The van der Waals surface area contributed by atoms with Crippen molar-refractivity contribution in [2.75, 3.05) is 6.61 Å². The number of ketones is 1. The zero-order valence-corrected chi connectivity index (χ0v) is 14.2. The number of hydrogen-bond donors (Lipinski definition) is 2. The number of hydrogen-bond acceptors (Lipinski definition) is 4. The number of rotatable bonds is 5. The molecule has 1 aliphatic rings. The molecule has 1 aromatic heterocycles. The van der Waals surface area contributed by atoms with E-state index in [1.165, 1.54) is 18.3 Å². The maximum Gasteiger partial charge on any atom is 0.195 e. The summed E-state index contributed by atoms with van der Waals surface area (Å²) in [6.45, 7) is -0.679. The van der Waals surface area contributed by atoms with Crippen LogP contribution in [0, 0.1) is 17.5 Å². The lowest BCUT2D eigenvalue weighted by atomic mass is 9.72. The van der Waals surface area contributed by atoms with Crippen molar-refractivity contribution in [2.24, 2.45) is 0 Å². The number of aliphatic hydroxyl groups is 2. The van der Waals surface area contributed by atoms with Gasteiger partial charge in [-0.1, -0.05) is 12.1 Å². The van der Waals surface area contributed by atoms with E-state index < -0.39 is 47.5 Å². The average molecular weight is 383 g/mol. The minimum Gasteiger partial charge on any atom is -0.393 e. The number of Topliss-reactive ketones (excluding diaryl/α,β-unsaturated/α-hetero) is 1. The fourth-order valence-electron chi connectivity index (χ4n) is 3.38. The number of alkyl halides is 1. The highest BCUT2D eigenvalue weighted by molar-refractivity contribution is 5.89. The van der Waals surface area contributed by atoms with E-state index in [4.69, 9.17) is 0 Å². The first-order valence-electron chi connectivity index (χ1n) is 8.37. The van der Waals surface area contributed by atoms with Crippen LogP contribution in [0.2, 0.25) is 0 Å². The summed E-state index contributed by atoms with van der Waals surface area (Å²) in [6, 6.07) is 4.45. The van der Waals surface area contributed by atoms with Crippen molar-refractivity contribution in [3.05, 3.63) is 64.7 Å². The van der Waals surface area contributed by atoms with Gasteiger partial charge in [-0.3, -0.25) is 9.78 Å². The van der Waals surface area contributed by atoms with Gasteiger partial charge in [0.15, 0.2) is 28.9 Å². The first-order valence-corrected chi connectivity index (χ1v) is 8.37. The van der Waals surface area contributed by atoms with Gasteiger partial charge in [0.25, 0.3) is 0 Å². The van der Waals surface area contributed by atoms with Crippen LogP contribution >= 0.6 is 0 Å². The van der Waals surface area contributed by atoms with Crippen molar-refractivity contribution in [1.29, 1.82) is 0 Å². The molecule has 0 amide bonds.